The van der Waals surface area contributed by atoms with Crippen LogP contribution in [-0.2, 0) is 16.6 Å². The summed E-state index contributed by atoms with van der Waals surface area (Å²) in [5.41, 5.74) is 0. The summed E-state index contributed by atoms with van der Waals surface area (Å²) >= 11 is 1.30. The van der Waals surface area contributed by atoms with Crippen molar-refractivity contribution in [1.82, 2.24) is 14.9 Å². The van der Waals surface area contributed by atoms with Gasteiger partial charge in [0, 0.05) is 31.1 Å². The predicted octanol–water partition coefficient (Wildman–Crippen LogP) is 2.78. The zero-order valence-corrected chi connectivity index (χ0v) is 18.5. The number of hydrogen-bond acceptors (Lipinski definition) is 4. The van der Waals surface area contributed by atoms with Gasteiger partial charge in [0.05, 0.1) is 6.54 Å². The molecule has 1 aliphatic heterocycles. The lowest BCUT2D eigenvalue weighted by Gasteiger charge is -2.25. The fourth-order valence-corrected chi connectivity index (χ4v) is 5.43. The van der Waals surface area contributed by atoms with Crippen molar-refractivity contribution in [2.24, 2.45) is 4.99 Å². The molecule has 1 aliphatic rings. The Labute approximate surface area is 171 Å². The van der Waals surface area contributed by atoms with Gasteiger partial charge in [-0.15, -0.1) is 41.9 Å². The minimum atomic E-state index is -3.35. The summed E-state index contributed by atoms with van der Waals surface area (Å²) in [4.78, 5) is 5.41. The number of nitrogens with one attached hydrogen (secondary N) is 2. The number of hydrogen-bond donors (Lipinski definition) is 2. The van der Waals surface area contributed by atoms with Gasteiger partial charge in [0.25, 0.3) is 10.0 Å². The first kappa shape index (κ1) is 22.4. The maximum Gasteiger partial charge on any atom is 0.252 e. The van der Waals surface area contributed by atoms with Gasteiger partial charge in [0.15, 0.2) is 5.96 Å². The fraction of sp³-hybridized carbons (Fsp3) is 0.562. The first-order valence-corrected chi connectivity index (χ1v) is 10.6. The summed E-state index contributed by atoms with van der Waals surface area (Å²) in [5.74, 6) is 0.700. The quantitative estimate of drug-likeness (QED) is 0.263. The molecule has 1 aromatic heterocycles. The molecule has 0 spiro atoms. The lowest BCUT2D eigenvalue weighted by Crippen LogP contribution is -2.37. The molecular formula is C16H27IN4O2S2. The number of nitrogens with zero attached hydrogens (tertiary/aromatic N) is 2. The Morgan fingerprint density at radius 1 is 1.32 bits per heavy atom. The van der Waals surface area contributed by atoms with Crippen LogP contribution in [0.2, 0.25) is 0 Å². The summed E-state index contributed by atoms with van der Waals surface area (Å²) in [6, 6.07) is 3.55. The number of rotatable bonds is 7. The van der Waals surface area contributed by atoms with E-state index in [4.69, 9.17) is 0 Å². The number of guanidine groups is 1. The summed E-state index contributed by atoms with van der Waals surface area (Å²) in [6.07, 6.45) is 4.77. The van der Waals surface area contributed by atoms with Gasteiger partial charge in [-0.1, -0.05) is 12.5 Å². The highest BCUT2D eigenvalue weighted by Crippen LogP contribution is 2.27. The largest absolute Gasteiger partial charge is 0.357 e. The molecule has 0 aliphatic carbocycles. The summed E-state index contributed by atoms with van der Waals surface area (Å²) in [6.45, 7) is 8.78. The van der Waals surface area contributed by atoms with Gasteiger partial charge < -0.3 is 10.6 Å². The minimum absolute atomic E-state index is 0. The SMILES string of the molecule is C=CCNC(=NCc1ccc(S(=O)(=O)N2CCCCC2)s1)NCC.I. The van der Waals surface area contributed by atoms with Gasteiger partial charge in [-0.3, -0.25) is 0 Å². The Kier molecular flexibility index (Phi) is 9.98. The topological polar surface area (TPSA) is 73.8 Å². The lowest BCUT2D eigenvalue weighted by atomic mass is 10.2. The Hall–Kier alpha value is -0.650. The predicted molar refractivity (Wildman–Crippen MR) is 115 cm³/mol. The molecule has 142 valence electrons. The van der Waals surface area contributed by atoms with Gasteiger partial charge in [0.1, 0.15) is 4.21 Å². The number of sulfonamides is 1. The van der Waals surface area contributed by atoms with Crippen molar-refractivity contribution in [3.8, 4) is 0 Å². The normalized spacial score (nSPS) is 16.1. The third-order valence-corrected chi connectivity index (χ3v) is 7.13. The number of piperidine rings is 1. The van der Waals surface area contributed by atoms with Gasteiger partial charge in [0.2, 0.25) is 0 Å². The Balaban J connectivity index is 0.00000312. The van der Waals surface area contributed by atoms with Crippen molar-refractivity contribution in [3.05, 3.63) is 29.7 Å². The fourth-order valence-electron chi connectivity index (χ4n) is 2.48. The number of halogens is 1. The van der Waals surface area contributed by atoms with Crippen LogP contribution in [0.4, 0.5) is 0 Å². The van der Waals surface area contributed by atoms with Crippen LogP contribution in [0.5, 0.6) is 0 Å². The van der Waals surface area contributed by atoms with Crippen LogP contribution >= 0.6 is 35.3 Å². The van der Waals surface area contributed by atoms with E-state index in [1.54, 1.807) is 16.4 Å². The highest BCUT2D eigenvalue weighted by atomic mass is 127. The molecule has 25 heavy (non-hydrogen) atoms. The summed E-state index contributed by atoms with van der Waals surface area (Å²) < 4.78 is 27.3. The van der Waals surface area contributed by atoms with Crippen molar-refractivity contribution in [2.45, 2.75) is 36.9 Å². The van der Waals surface area contributed by atoms with Crippen molar-refractivity contribution >= 4 is 51.3 Å². The van der Waals surface area contributed by atoms with E-state index in [0.29, 0.717) is 36.3 Å². The second-order valence-corrected chi connectivity index (χ2v) is 8.88. The second kappa shape index (κ2) is 11.1. The molecule has 2 heterocycles. The van der Waals surface area contributed by atoms with E-state index >= 15 is 0 Å². The molecule has 0 aromatic carbocycles. The molecule has 0 bridgehead atoms. The third kappa shape index (κ3) is 6.54. The molecule has 9 heteroatoms. The lowest BCUT2D eigenvalue weighted by molar-refractivity contribution is 0.347. The van der Waals surface area contributed by atoms with Crippen LogP contribution in [0.15, 0.2) is 34.0 Å². The van der Waals surface area contributed by atoms with E-state index in [0.717, 1.165) is 30.7 Å². The first-order chi connectivity index (χ1) is 11.6. The van der Waals surface area contributed by atoms with Gasteiger partial charge in [-0.05, 0) is 31.9 Å². The maximum atomic E-state index is 12.6. The van der Waals surface area contributed by atoms with E-state index in [2.05, 4.69) is 22.2 Å². The Morgan fingerprint density at radius 3 is 2.68 bits per heavy atom. The number of thiophene rings is 1. The van der Waals surface area contributed by atoms with Crippen molar-refractivity contribution in [2.75, 3.05) is 26.2 Å². The molecule has 0 unspecified atom stereocenters. The molecule has 0 amide bonds. The zero-order valence-electron chi connectivity index (χ0n) is 14.5. The molecule has 2 rings (SSSR count). The van der Waals surface area contributed by atoms with Crippen LogP contribution in [-0.4, -0.2) is 44.9 Å². The van der Waals surface area contributed by atoms with Gasteiger partial charge >= 0.3 is 0 Å². The summed E-state index contributed by atoms with van der Waals surface area (Å²) in [7, 11) is -3.35. The van der Waals surface area contributed by atoms with Crippen LogP contribution in [0.25, 0.3) is 0 Å². The minimum Gasteiger partial charge on any atom is -0.357 e. The molecule has 0 atom stereocenters. The summed E-state index contributed by atoms with van der Waals surface area (Å²) in [5, 5.41) is 6.27. The van der Waals surface area contributed by atoms with Gasteiger partial charge in [-0.25, -0.2) is 13.4 Å². The van der Waals surface area contributed by atoms with E-state index in [-0.39, 0.29) is 24.0 Å². The molecule has 1 fully saturated rings. The smallest absolute Gasteiger partial charge is 0.252 e. The van der Waals surface area contributed by atoms with Crippen LogP contribution < -0.4 is 10.6 Å². The number of aliphatic imine (C=N–C) groups is 1. The van der Waals surface area contributed by atoms with Crippen molar-refractivity contribution in [1.29, 1.82) is 0 Å². The zero-order chi connectivity index (χ0) is 17.4. The second-order valence-electron chi connectivity index (χ2n) is 5.55. The molecule has 0 saturated carbocycles. The molecule has 1 saturated heterocycles. The monoisotopic (exact) mass is 498 g/mol. The molecule has 6 nitrogen and oxygen atoms in total. The molecule has 0 radical (unpaired) electrons. The van der Waals surface area contributed by atoms with Crippen LogP contribution in [0.1, 0.15) is 31.1 Å². The Morgan fingerprint density at radius 2 is 2.04 bits per heavy atom. The molecule has 2 N–H and O–H groups in total. The van der Waals surface area contributed by atoms with E-state index < -0.39 is 10.0 Å². The maximum absolute atomic E-state index is 12.6. The average molecular weight is 498 g/mol. The van der Waals surface area contributed by atoms with Crippen molar-refractivity contribution in [3.63, 3.8) is 0 Å². The van der Waals surface area contributed by atoms with E-state index in [1.807, 2.05) is 13.0 Å². The Bertz CT molecular complexity index is 667. The van der Waals surface area contributed by atoms with Crippen LogP contribution in [0.3, 0.4) is 0 Å². The molecular weight excluding hydrogens is 471 g/mol. The standard InChI is InChI=1S/C16H26N4O2S2.HI/c1-3-10-18-16(17-4-2)19-13-14-8-9-15(23-14)24(21,22)20-11-6-5-7-12-20;/h3,8-9H,1,4-7,10-13H2,2H3,(H2,17,18,19);1H. The highest BCUT2D eigenvalue weighted by molar-refractivity contribution is 14.0. The first-order valence-electron chi connectivity index (χ1n) is 8.30. The van der Waals surface area contributed by atoms with Crippen LogP contribution in [0, 0.1) is 0 Å². The third-order valence-electron chi connectivity index (χ3n) is 3.70. The van der Waals surface area contributed by atoms with Gasteiger partial charge in [-0.2, -0.15) is 4.31 Å². The average Bonchev–Trinajstić information content (AvgIpc) is 3.08. The van der Waals surface area contributed by atoms with E-state index in [1.165, 1.54) is 11.3 Å². The molecule has 1 aromatic rings. The highest BCUT2D eigenvalue weighted by Gasteiger charge is 2.27. The van der Waals surface area contributed by atoms with Crippen molar-refractivity contribution < 1.29 is 8.42 Å². The van der Waals surface area contributed by atoms with E-state index in [9.17, 15) is 8.42 Å².